The summed E-state index contributed by atoms with van der Waals surface area (Å²) in [6.07, 6.45) is 35.7. The number of cyclic esters (lactones) is 2. The first-order chi connectivity index (χ1) is 26.7. The molecule has 0 aromatic rings. The van der Waals surface area contributed by atoms with Crippen molar-refractivity contribution in [1.29, 1.82) is 0 Å². The molecule has 55 heavy (non-hydrogen) atoms. The van der Waals surface area contributed by atoms with Gasteiger partial charge < -0.3 is 19.9 Å². The molecule has 2 heterocycles. The van der Waals surface area contributed by atoms with Gasteiger partial charge in [-0.2, -0.15) is 0 Å². The van der Waals surface area contributed by atoms with E-state index in [1.165, 1.54) is 141 Å². The molecule has 0 aromatic carbocycles. The molecule has 2 rings (SSSR count). The highest BCUT2D eigenvalue weighted by atomic mass is 16.6. The first kappa shape index (κ1) is 51.8. The third-order valence-corrected chi connectivity index (χ3v) is 12.4. The SMILES string of the molecule is CCCCCCCCCCC(O)CN1CC(CCCCCCCCCC)OC(=O)C1C(C)CC.CCCCCCCCCCC1CNC(C(C)CC)C(=O)O1. The van der Waals surface area contributed by atoms with Crippen LogP contribution in [0.4, 0.5) is 0 Å². The minimum absolute atomic E-state index is 0.0109. The largest absolute Gasteiger partial charge is 0.460 e. The van der Waals surface area contributed by atoms with Gasteiger partial charge in [0.25, 0.3) is 0 Å². The Morgan fingerprint density at radius 2 is 1.00 bits per heavy atom. The van der Waals surface area contributed by atoms with Crippen LogP contribution in [0.1, 0.15) is 235 Å². The number of unbranched alkanes of at least 4 members (excludes halogenated alkanes) is 21. The van der Waals surface area contributed by atoms with Crippen LogP contribution in [0.3, 0.4) is 0 Å². The Kier molecular flexibility index (Phi) is 32.8. The summed E-state index contributed by atoms with van der Waals surface area (Å²) in [4.78, 5) is 27.1. The van der Waals surface area contributed by atoms with E-state index in [9.17, 15) is 14.7 Å². The van der Waals surface area contributed by atoms with Crippen molar-refractivity contribution in [2.75, 3.05) is 19.6 Å². The molecule has 0 radical (unpaired) electrons. The smallest absolute Gasteiger partial charge is 0.323 e. The van der Waals surface area contributed by atoms with Crippen molar-refractivity contribution in [3.63, 3.8) is 0 Å². The normalized spacial score (nSPS) is 22.0. The number of carbonyl (C=O) groups excluding carboxylic acids is 2. The van der Waals surface area contributed by atoms with E-state index in [2.05, 4.69) is 58.7 Å². The van der Waals surface area contributed by atoms with Crippen LogP contribution in [-0.4, -0.2) is 72.0 Å². The van der Waals surface area contributed by atoms with Crippen LogP contribution in [-0.2, 0) is 19.1 Å². The predicted molar refractivity (Wildman–Crippen MR) is 234 cm³/mol. The van der Waals surface area contributed by atoms with E-state index in [-0.39, 0.29) is 48.3 Å². The molecule has 0 bridgehead atoms. The van der Waals surface area contributed by atoms with E-state index < -0.39 is 0 Å². The summed E-state index contributed by atoms with van der Waals surface area (Å²) in [7, 11) is 0. The van der Waals surface area contributed by atoms with Crippen molar-refractivity contribution in [2.45, 2.75) is 265 Å². The molecule has 0 aliphatic carbocycles. The average Bonchev–Trinajstić information content (AvgIpc) is 3.17. The molecule has 2 N–H and O–H groups in total. The van der Waals surface area contributed by atoms with Crippen LogP contribution >= 0.6 is 0 Å². The molecule has 7 heteroatoms. The summed E-state index contributed by atoms with van der Waals surface area (Å²) in [6, 6.07) is -0.294. The molecule has 0 aromatic heterocycles. The fourth-order valence-corrected chi connectivity index (χ4v) is 8.29. The summed E-state index contributed by atoms with van der Waals surface area (Å²) < 4.78 is 11.5. The molecule has 2 aliphatic heterocycles. The maximum absolute atomic E-state index is 12.9. The van der Waals surface area contributed by atoms with Crippen molar-refractivity contribution in [2.24, 2.45) is 11.8 Å². The molecule has 0 saturated carbocycles. The van der Waals surface area contributed by atoms with Crippen molar-refractivity contribution in [3.05, 3.63) is 0 Å². The lowest BCUT2D eigenvalue weighted by molar-refractivity contribution is -0.171. The number of hydrogen-bond donors (Lipinski definition) is 2. The van der Waals surface area contributed by atoms with Crippen molar-refractivity contribution in [3.8, 4) is 0 Å². The molecular weight excluding hydrogens is 685 g/mol. The number of hydrogen-bond acceptors (Lipinski definition) is 7. The van der Waals surface area contributed by atoms with Gasteiger partial charge in [0.2, 0.25) is 0 Å². The van der Waals surface area contributed by atoms with Crippen LogP contribution in [0, 0.1) is 11.8 Å². The number of rotatable bonds is 33. The summed E-state index contributed by atoms with van der Waals surface area (Å²) >= 11 is 0. The minimum atomic E-state index is -0.346. The van der Waals surface area contributed by atoms with Gasteiger partial charge in [-0.3, -0.25) is 14.5 Å². The highest BCUT2D eigenvalue weighted by molar-refractivity contribution is 5.77. The number of morpholine rings is 2. The van der Waals surface area contributed by atoms with Crippen LogP contribution < -0.4 is 5.32 Å². The number of aliphatic hydroxyl groups excluding tert-OH is 1. The van der Waals surface area contributed by atoms with Crippen molar-refractivity contribution < 1.29 is 24.2 Å². The van der Waals surface area contributed by atoms with E-state index in [0.717, 1.165) is 58.0 Å². The molecule has 2 fully saturated rings. The third kappa shape index (κ3) is 25.0. The van der Waals surface area contributed by atoms with E-state index in [1.54, 1.807) is 0 Å². The maximum atomic E-state index is 12.9. The highest BCUT2D eigenvalue weighted by Crippen LogP contribution is 2.26. The monoisotopic (exact) mass is 779 g/mol. The van der Waals surface area contributed by atoms with Gasteiger partial charge >= 0.3 is 11.9 Å². The molecule has 2 aliphatic rings. The number of nitrogens with one attached hydrogen (secondary N) is 1. The molecule has 0 amide bonds. The lowest BCUT2D eigenvalue weighted by Crippen LogP contribution is -2.57. The number of carbonyl (C=O) groups is 2. The standard InChI is InChI=1S/C30H59NO3.C18H35NO2/c1-5-8-10-12-14-16-18-20-22-27(32)24-31-25-28(34-30(33)29(31)26(4)7-3)23-21-19-17-15-13-11-9-6-2;1-4-6-7-8-9-10-11-12-13-16-14-19-17(15(3)5-2)18(20)21-16/h26-29,32H,5-25H2,1-4H3;15-17,19H,4-14H2,1-3H3. The number of ether oxygens (including phenoxy) is 2. The molecule has 7 atom stereocenters. The topological polar surface area (TPSA) is 88.1 Å². The Morgan fingerprint density at radius 3 is 1.45 bits per heavy atom. The average molecular weight is 779 g/mol. The Labute approximate surface area is 342 Å². The van der Waals surface area contributed by atoms with Gasteiger partial charge in [0.15, 0.2) is 0 Å². The first-order valence-corrected chi connectivity index (χ1v) is 24.3. The number of β-amino-alcohol motifs (C(OH)–C–C–N with tert-alkyl or cyclic N) is 1. The summed E-state index contributed by atoms with van der Waals surface area (Å²) in [5.41, 5.74) is 0. The lowest BCUT2D eigenvalue weighted by Gasteiger charge is -2.41. The van der Waals surface area contributed by atoms with Crippen LogP contribution in [0.25, 0.3) is 0 Å². The Morgan fingerprint density at radius 1 is 0.582 bits per heavy atom. The predicted octanol–water partition coefficient (Wildman–Crippen LogP) is 12.5. The Hall–Kier alpha value is -1.18. The molecule has 326 valence electrons. The number of nitrogens with zero attached hydrogens (tertiary/aromatic N) is 1. The van der Waals surface area contributed by atoms with Gasteiger partial charge in [-0.05, 0) is 43.9 Å². The maximum Gasteiger partial charge on any atom is 0.323 e. The second-order valence-corrected chi connectivity index (χ2v) is 17.6. The summed E-state index contributed by atoms with van der Waals surface area (Å²) in [6.45, 7) is 17.5. The van der Waals surface area contributed by atoms with Crippen molar-refractivity contribution >= 4 is 11.9 Å². The van der Waals surface area contributed by atoms with Crippen molar-refractivity contribution in [1.82, 2.24) is 10.2 Å². The zero-order chi connectivity index (χ0) is 40.5. The lowest BCUT2D eigenvalue weighted by atomic mass is 9.94. The summed E-state index contributed by atoms with van der Waals surface area (Å²) in [5.74, 6) is 0.512. The zero-order valence-electron chi connectivity index (χ0n) is 37.7. The third-order valence-electron chi connectivity index (χ3n) is 12.4. The van der Waals surface area contributed by atoms with Crippen LogP contribution in [0.2, 0.25) is 0 Å². The van der Waals surface area contributed by atoms with Crippen LogP contribution in [0.15, 0.2) is 0 Å². The van der Waals surface area contributed by atoms with Gasteiger partial charge in [0.05, 0.1) is 6.10 Å². The van der Waals surface area contributed by atoms with Gasteiger partial charge in [0, 0.05) is 19.6 Å². The van der Waals surface area contributed by atoms with Crippen LogP contribution in [0.5, 0.6) is 0 Å². The Balaban J connectivity index is 0.000000615. The first-order valence-electron chi connectivity index (χ1n) is 24.3. The second kappa shape index (κ2) is 34.8. The summed E-state index contributed by atoms with van der Waals surface area (Å²) in [5, 5.41) is 14.1. The van der Waals surface area contributed by atoms with Gasteiger partial charge in [0.1, 0.15) is 24.3 Å². The molecule has 7 unspecified atom stereocenters. The zero-order valence-corrected chi connectivity index (χ0v) is 37.7. The minimum Gasteiger partial charge on any atom is -0.460 e. The molecular formula is C48H94N2O5. The van der Waals surface area contributed by atoms with E-state index >= 15 is 0 Å². The van der Waals surface area contributed by atoms with Gasteiger partial charge in [-0.15, -0.1) is 0 Å². The molecule has 2 saturated heterocycles. The van der Waals surface area contributed by atoms with Gasteiger partial charge in [-0.25, -0.2) is 0 Å². The second-order valence-electron chi connectivity index (χ2n) is 17.6. The van der Waals surface area contributed by atoms with E-state index in [1.807, 2.05) is 0 Å². The molecule has 0 spiro atoms. The number of aliphatic hydroxyl groups is 1. The number of esters is 2. The highest BCUT2D eigenvalue weighted by Gasteiger charge is 2.39. The quantitative estimate of drug-likeness (QED) is 0.0506. The fraction of sp³-hybridized carbons (Fsp3) is 0.958. The fourth-order valence-electron chi connectivity index (χ4n) is 8.29. The van der Waals surface area contributed by atoms with E-state index in [0.29, 0.717) is 12.5 Å². The van der Waals surface area contributed by atoms with Gasteiger partial charge in [-0.1, -0.05) is 203 Å². The molecule has 7 nitrogen and oxygen atoms in total. The van der Waals surface area contributed by atoms with E-state index in [4.69, 9.17) is 9.47 Å². The Bertz CT molecular complexity index is 900.